The summed E-state index contributed by atoms with van der Waals surface area (Å²) in [5.74, 6) is 0. The number of allylic oxidation sites excluding steroid dienone is 2. The summed E-state index contributed by atoms with van der Waals surface area (Å²) in [6.07, 6.45) is 8.46. The molecule has 1 aliphatic rings. The van der Waals surface area contributed by atoms with E-state index in [4.69, 9.17) is 0 Å². The van der Waals surface area contributed by atoms with E-state index >= 15 is 0 Å². The van der Waals surface area contributed by atoms with Crippen molar-refractivity contribution in [3.05, 3.63) is 113 Å². The Balaban J connectivity index is 0.00000274. The van der Waals surface area contributed by atoms with Crippen molar-refractivity contribution in [3.8, 4) is 0 Å². The SMILES string of the molecule is CN1/C(=C\C=C\c2cc[n+](Cc3ccccc3B(O)O)c3ccccc23)Sc2ccccc21.[I-]. The van der Waals surface area contributed by atoms with Gasteiger partial charge in [0.15, 0.2) is 12.7 Å². The third-order valence-electron chi connectivity index (χ3n) is 5.92. The van der Waals surface area contributed by atoms with Crippen LogP contribution in [0.4, 0.5) is 5.69 Å². The van der Waals surface area contributed by atoms with Crippen LogP contribution in [-0.4, -0.2) is 24.2 Å². The summed E-state index contributed by atoms with van der Waals surface area (Å²) < 4.78 is 2.14. The lowest BCUT2D eigenvalue weighted by Crippen LogP contribution is -3.00. The number of fused-ring (bicyclic) bond motifs is 2. The van der Waals surface area contributed by atoms with Gasteiger partial charge in [-0.25, -0.2) is 0 Å². The van der Waals surface area contributed by atoms with Gasteiger partial charge in [-0.15, -0.1) is 0 Å². The molecule has 34 heavy (non-hydrogen) atoms. The first kappa shape index (κ1) is 24.5. The predicted molar refractivity (Wildman–Crippen MR) is 137 cm³/mol. The molecule has 2 heterocycles. The predicted octanol–water partition coefficient (Wildman–Crippen LogP) is 0.956. The van der Waals surface area contributed by atoms with Crippen LogP contribution in [0, 0.1) is 0 Å². The maximum atomic E-state index is 9.73. The highest BCUT2D eigenvalue weighted by atomic mass is 127. The molecule has 4 aromatic rings. The molecule has 170 valence electrons. The van der Waals surface area contributed by atoms with Crippen LogP contribution in [0.3, 0.4) is 0 Å². The minimum Gasteiger partial charge on any atom is -1.00 e. The van der Waals surface area contributed by atoms with E-state index in [0.29, 0.717) is 12.0 Å². The Morgan fingerprint density at radius 2 is 1.68 bits per heavy atom. The zero-order chi connectivity index (χ0) is 22.8. The zero-order valence-electron chi connectivity index (χ0n) is 18.7. The molecule has 1 aromatic heterocycles. The number of nitrogens with zero attached hydrogens (tertiary/aromatic N) is 2. The van der Waals surface area contributed by atoms with E-state index in [9.17, 15) is 10.0 Å². The van der Waals surface area contributed by atoms with Crippen LogP contribution in [-0.2, 0) is 6.54 Å². The Labute approximate surface area is 221 Å². The Bertz CT molecular complexity index is 1390. The van der Waals surface area contributed by atoms with Crippen LogP contribution in [0.15, 0.2) is 107 Å². The van der Waals surface area contributed by atoms with E-state index in [0.717, 1.165) is 22.0 Å². The molecule has 0 unspecified atom stereocenters. The molecule has 0 spiro atoms. The molecule has 7 heteroatoms. The number of para-hydroxylation sites is 2. The number of thioether (sulfide) groups is 1. The summed E-state index contributed by atoms with van der Waals surface area (Å²) in [5.41, 5.74) is 4.88. The van der Waals surface area contributed by atoms with Gasteiger partial charge in [-0.2, -0.15) is 4.57 Å². The first-order chi connectivity index (χ1) is 16.1. The number of benzene rings is 3. The van der Waals surface area contributed by atoms with Crippen molar-refractivity contribution in [2.45, 2.75) is 11.4 Å². The number of anilines is 1. The lowest BCUT2D eigenvalue weighted by molar-refractivity contribution is -0.662. The Hall–Kier alpha value is -2.59. The minimum atomic E-state index is -1.49. The number of hydrogen-bond donors (Lipinski definition) is 2. The molecule has 0 saturated carbocycles. The van der Waals surface area contributed by atoms with E-state index in [-0.39, 0.29) is 24.0 Å². The van der Waals surface area contributed by atoms with Gasteiger partial charge in [0.25, 0.3) is 0 Å². The molecule has 0 bridgehead atoms. The summed E-state index contributed by atoms with van der Waals surface area (Å²) in [4.78, 5) is 3.49. The largest absolute Gasteiger partial charge is 1.00 e. The highest BCUT2D eigenvalue weighted by molar-refractivity contribution is 8.03. The topological polar surface area (TPSA) is 47.6 Å². The third kappa shape index (κ3) is 4.93. The highest BCUT2D eigenvalue weighted by Gasteiger charge is 2.21. The molecule has 0 radical (unpaired) electrons. The quantitative estimate of drug-likeness (QED) is 0.211. The molecular weight excluding hydrogens is 554 g/mol. The molecule has 5 rings (SSSR count). The summed E-state index contributed by atoms with van der Waals surface area (Å²) in [6.45, 7) is 0.558. The van der Waals surface area contributed by atoms with E-state index in [1.54, 1.807) is 17.8 Å². The first-order valence-corrected chi connectivity index (χ1v) is 11.7. The van der Waals surface area contributed by atoms with Crippen molar-refractivity contribution in [3.63, 3.8) is 0 Å². The molecule has 0 saturated heterocycles. The molecule has 1 aliphatic heterocycles. The van der Waals surface area contributed by atoms with Crippen molar-refractivity contribution in [2.24, 2.45) is 0 Å². The second-order valence-electron chi connectivity index (χ2n) is 7.98. The number of pyridine rings is 1. The molecule has 0 atom stereocenters. The van der Waals surface area contributed by atoms with Crippen LogP contribution >= 0.6 is 11.8 Å². The number of aromatic nitrogens is 1. The first-order valence-electron chi connectivity index (χ1n) is 10.9. The number of rotatable bonds is 5. The number of halogens is 1. The average molecular weight is 578 g/mol. The molecular formula is C27H24BIN2O2S. The van der Waals surface area contributed by atoms with E-state index in [2.05, 4.69) is 83.4 Å². The van der Waals surface area contributed by atoms with Gasteiger partial charge < -0.3 is 38.9 Å². The Morgan fingerprint density at radius 3 is 2.50 bits per heavy atom. The second-order valence-corrected chi connectivity index (χ2v) is 9.04. The maximum Gasteiger partial charge on any atom is 0.488 e. The van der Waals surface area contributed by atoms with Gasteiger partial charge >= 0.3 is 7.12 Å². The van der Waals surface area contributed by atoms with Crippen molar-refractivity contribution >= 4 is 47.0 Å². The summed E-state index contributed by atoms with van der Waals surface area (Å²) in [6, 6.07) is 26.3. The van der Waals surface area contributed by atoms with Crippen molar-refractivity contribution in [2.75, 3.05) is 11.9 Å². The van der Waals surface area contributed by atoms with Gasteiger partial charge in [-0.3, -0.25) is 0 Å². The van der Waals surface area contributed by atoms with Gasteiger partial charge in [0.1, 0.15) is 0 Å². The second kappa shape index (κ2) is 10.8. The van der Waals surface area contributed by atoms with Gasteiger partial charge in [0, 0.05) is 29.6 Å². The molecule has 0 amide bonds. The monoisotopic (exact) mass is 578 g/mol. The zero-order valence-corrected chi connectivity index (χ0v) is 21.6. The highest BCUT2D eigenvalue weighted by Crippen LogP contribution is 2.44. The van der Waals surface area contributed by atoms with Gasteiger partial charge in [0.2, 0.25) is 5.52 Å². The molecule has 0 fully saturated rings. The summed E-state index contributed by atoms with van der Waals surface area (Å²) in [7, 11) is 0.613. The van der Waals surface area contributed by atoms with Gasteiger partial charge in [-0.1, -0.05) is 72.4 Å². The fraction of sp³-hybridized carbons (Fsp3) is 0.0741. The van der Waals surface area contributed by atoms with E-state index < -0.39 is 7.12 Å². The average Bonchev–Trinajstić information content (AvgIpc) is 3.16. The molecule has 0 aliphatic carbocycles. The fourth-order valence-electron chi connectivity index (χ4n) is 4.21. The standard InChI is InChI=1S/C27H24BN2O2S.HI/c1-29-25-14-6-7-15-26(25)33-27(29)16-8-10-20-17-18-30(24-13-5-3-11-22(20)24)19-21-9-2-4-12-23(21)28(31)32;/h2-18,31-32H,19H2,1H3;1H/q+1;/p-1. The Kier molecular flexibility index (Phi) is 7.78. The van der Waals surface area contributed by atoms with Crippen LogP contribution in [0.2, 0.25) is 0 Å². The normalized spacial score (nSPS) is 14.0. The summed E-state index contributed by atoms with van der Waals surface area (Å²) >= 11 is 1.78. The minimum absolute atomic E-state index is 0. The van der Waals surface area contributed by atoms with Gasteiger partial charge in [0.05, 0.1) is 16.1 Å². The van der Waals surface area contributed by atoms with E-state index in [1.165, 1.54) is 15.6 Å². The fourth-order valence-corrected chi connectivity index (χ4v) is 5.27. The van der Waals surface area contributed by atoms with Crippen LogP contribution < -0.4 is 38.9 Å². The molecule has 2 N–H and O–H groups in total. The lowest BCUT2D eigenvalue weighted by Gasteiger charge is -2.12. The number of hydrogen-bond acceptors (Lipinski definition) is 4. The van der Waals surface area contributed by atoms with Crippen LogP contribution in [0.5, 0.6) is 0 Å². The van der Waals surface area contributed by atoms with Crippen molar-refractivity contribution in [1.29, 1.82) is 0 Å². The summed E-state index contributed by atoms with van der Waals surface area (Å²) in [5, 5.41) is 21.8. The van der Waals surface area contributed by atoms with Crippen LogP contribution in [0.1, 0.15) is 11.1 Å². The third-order valence-corrected chi connectivity index (χ3v) is 7.10. The smallest absolute Gasteiger partial charge is 0.488 e. The van der Waals surface area contributed by atoms with E-state index in [1.807, 2.05) is 30.3 Å². The van der Waals surface area contributed by atoms with Gasteiger partial charge in [-0.05, 0) is 35.3 Å². The van der Waals surface area contributed by atoms with Crippen LogP contribution in [0.25, 0.3) is 17.0 Å². The maximum absolute atomic E-state index is 9.73. The van der Waals surface area contributed by atoms with Crippen molar-refractivity contribution in [1.82, 2.24) is 0 Å². The Morgan fingerprint density at radius 1 is 0.941 bits per heavy atom. The molecule has 4 nitrogen and oxygen atoms in total. The van der Waals surface area contributed by atoms with Crippen molar-refractivity contribution < 1.29 is 38.6 Å². The molecule has 3 aromatic carbocycles. The lowest BCUT2D eigenvalue weighted by atomic mass is 9.77.